The fourth-order valence-corrected chi connectivity index (χ4v) is 2.25. The molecule has 1 rings (SSSR count). The summed E-state index contributed by atoms with van der Waals surface area (Å²) in [6.07, 6.45) is 0. The van der Waals surface area contributed by atoms with Crippen LogP contribution in [0.2, 0.25) is 0 Å². The van der Waals surface area contributed by atoms with Gasteiger partial charge in [0.15, 0.2) is 0 Å². The van der Waals surface area contributed by atoms with E-state index in [0.717, 1.165) is 5.56 Å². The van der Waals surface area contributed by atoms with E-state index in [2.05, 4.69) is 31.9 Å². The summed E-state index contributed by atoms with van der Waals surface area (Å²) in [5, 5.41) is 18.5. The molecule has 0 saturated heterocycles. The van der Waals surface area contributed by atoms with Crippen molar-refractivity contribution < 1.29 is 15.0 Å². The minimum atomic E-state index is -1.24. The van der Waals surface area contributed by atoms with Crippen LogP contribution in [0, 0.1) is 6.92 Å². The van der Waals surface area contributed by atoms with E-state index in [0.29, 0.717) is 8.95 Å². The summed E-state index contributed by atoms with van der Waals surface area (Å²) in [5.74, 6) is -1.32. The van der Waals surface area contributed by atoms with Crippen molar-refractivity contribution in [2.24, 2.45) is 5.73 Å². The Balaban J connectivity index is 3.38. The molecular weight excluding hydrogens is 330 g/mol. The Morgan fingerprint density at radius 3 is 2.53 bits per heavy atom. The smallest absolute Gasteiger partial charge is 0.325 e. The summed E-state index contributed by atoms with van der Waals surface area (Å²) >= 11 is 6.43. The van der Waals surface area contributed by atoms with Gasteiger partial charge >= 0.3 is 5.97 Å². The van der Waals surface area contributed by atoms with Gasteiger partial charge in [-0.05, 0) is 34.5 Å². The summed E-state index contributed by atoms with van der Waals surface area (Å²) in [6.45, 7) is 1.78. The fraction of sp³-hybridized carbons (Fsp3) is 0.222. The van der Waals surface area contributed by atoms with E-state index in [1.807, 2.05) is 0 Å². The third-order valence-corrected chi connectivity index (χ3v) is 3.85. The molecular formula is C9H9Br2NO3. The van der Waals surface area contributed by atoms with Gasteiger partial charge in [-0.15, -0.1) is 0 Å². The van der Waals surface area contributed by atoms with Crippen LogP contribution >= 0.6 is 31.9 Å². The first-order chi connectivity index (χ1) is 6.86. The maximum absolute atomic E-state index is 10.7. The number of benzene rings is 1. The van der Waals surface area contributed by atoms with E-state index in [4.69, 9.17) is 10.8 Å². The first-order valence-electron chi connectivity index (χ1n) is 4.02. The lowest BCUT2D eigenvalue weighted by Crippen LogP contribution is -2.21. The number of carboxylic acids is 1. The lowest BCUT2D eigenvalue weighted by Gasteiger charge is -2.13. The van der Waals surface area contributed by atoms with Crippen molar-refractivity contribution in [2.75, 3.05) is 0 Å². The number of rotatable bonds is 2. The van der Waals surface area contributed by atoms with Crippen molar-refractivity contribution in [1.82, 2.24) is 0 Å². The second-order valence-electron chi connectivity index (χ2n) is 3.05. The first kappa shape index (κ1) is 12.5. The average Bonchev–Trinajstić information content (AvgIpc) is 2.19. The lowest BCUT2D eigenvalue weighted by molar-refractivity contribution is -0.138. The molecule has 0 spiro atoms. The Kier molecular flexibility index (Phi) is 3.75. The van der Waals surface area contributed by atoms with Gasteiger partial charge in [-0.2, -0.15) is 0 Å². The van der Waals surface area contributed by atoms with E-state index >= 15 is 0 Å². The predicted octanol–water partition coefficient (Wildman–Crippen LogP) is 2.31. The number of aliphatic carboxylic acids is 1. The number of aromatic hydroxyl groups is 1. The molecule has 15 heavy (non-hydrogen) atoms. The van der Waals surface area contributed by atoms with Crippen LogP contribution in [0.4, 0.5) is 0 Å². The number of hydrogen-bond donors (Lipinski definition) is 3. The van der Waals surface area contributed by atoms with Gasteiger partial charge in [0.05, 0.1) is 4.47 Å². The van der Waals surface area contributed by atoms with Crippen LogP contribution in [0.1, 0.15) is 17.2 Å². The number of nitrogens with two attached hydrogens (primary N) is 1. The Bertz CT molecular complexity index is 420. The van der Waals surface area contributed by atoms with Crippen molar-refractivity contribution in [2.45, 2.75) is 13.0 Å². The van der Waals surface area contributed by atoms with Crippen LogP contribution in [0.3, 0.4) is 0 Å². The summed E-state index contributed by atoms with van der Waals surface area (Å²) in [7, 11) is 0. The molecule has 0 aliphatic heterocycles. The maximum Gasteiger partial charge on any atom is 0.325 e. The minimum absolute atomic E-state index is 0.134. The largest absolute Gasteiger partial charge is 0.506 e. The zero-order chi connectivity index (χ0) is 11.7. The molecule has 0 amide bonds. The molecule has 0 fully saturated rings. The highest BCUT2D eigenvalue weighted by molar-refractivity contribution is 9.11. The topological polar surface area (TPSA) is 83.6 Å². The predicted molar refractivity (Wildman–Crippen MR) is 62.8 cm³/mol. The second-order valence-corrected chi connectivity index (χ2v) is 4.70. The number of phenols is 1. The maximum atomic E-state index is 10.7. The van der Waals surface area contributed by atoms with Gasteiger partial charge in [0, 0.05) is 10.0 Å². The SMILES string of the molecule is Cc1c(Br)cc([C@H](N)C(=O)O)c(O)c1Br. The van der Waals surface area contributed by atoms with E-state index in [9.17, 15) is 9.90 Å². The zero-order valence-electron chi connectivity index (χ0n) is 7.79. The van der Waals surface area contributed by atoms with E-state index in [-0.39, 0.29) is 11.3 Å². The number of hydrogen-bond acceptors (Lipinski definition) is 3. The third kappa shape index (κ3) is 2.32. The van der Waals surface area contributed by atoms with E-state index < -0.39 is 12.0 Å². The third-order valence-electron chi connectivity index (χ3n) is 2.05. The van der Waals surface area contributed by atoms with Crippen LogP contribution in [0.5, 0.6) is 5.75 Å². The number of carbonyl (C=O) groups is 1. The molecule has 4 nitrogen and oxygen atoms in total. The molecule has 1 atom stereocenters. The Morgan fingerprint density at radius 2 is 2.07 bits per heavy atom. The van der Waals surface area contributed by atoms with Gasteiger partial charge in [0.1, 0.15) is 11.8 Å². The molecule has 4 N–H and O–H groups in total. The van der Waals surface area contributed by atoms with E-state index in [1.54, 1.807) is 6.92 Å². The molecule has 0 aliphatic carbocycles. The van der Waals surface area contributed by atoms with E-state index in [1.165, 1.54) is 6.07 Å². The quantitative estimate of drug-likeness (QED) is 0.772. The molecule has 6 heteroatoms. The number of carboxylic acid groups (broad SMARTS) is 1. The van der Waals surface area contributed by atoms with Gasteiger partial charge in [0.2, 0.25) is 0 Å². The summed E-state index contributed by atoms with van der Waals surface area (Å²) in [6, 6.07) is 0.270. The van der Waals surface area contributed by atoms with Crippen molar-refractivity contribution in [3.05, 3.63) is 26.1 Å². The van der Waals surface area contributed by atoms with Gasteiger partial charge in [-0.3, -0.25) is 4.79 Å². The Morgan fingerprint density at radius 1 is 1.53 bits per heavy atom. The molecule has 82 valence electrons. The van der Waals surface area contributed by atoms with Gasteiger partial charge in [-0.25, -0.2) is 0 Å². The van der Waals surface area contributed by atoms with Crippen molar-refractivity contribution in [3.63, 3.8) is 0 Å². The molecule has 0 heterocycles. The van der Waals surface area contributed by atoms with Gasteiger partial charge < -0.3 is 15.9 Å². The molecule has 0 radical (unpaired) electrons. The highest BCUT2D eigenvalue weighted by Crippen LogP contribution is 2.38. The summed E-state index contributed by atoms with van der Waals surface area (Å²) in [4.78, 5) is 10.7. The van der Waals surface area contributed by atoms with Crippen LogP contribution in [0.25, 0.3) is 0 Å². The highest BCUT2D eigenvalue weighted by Gasteiger charge is 2.21. The number of phenolic OH excluding ortho intramolecular Hbond substituents is 1. The molecule has 0 aromatic heterocycles. The van der Waals surface area contributed by atoms with Crippen LogP contribution in [-0.4, -0.2) is 16.2 Å². The summed E-state index contributed by atoms with van der Waals surface area (Å²) < 4.78 is 1.14. The zero-order valence-corrected chi connectivity index (χ0v) is 11.0. The Hall–Kier alpha value is -0.590. The lowest BCUT2D eigenvalue weighted by atomic mass is 10.0. The number of halogens is 2. The normalized spacial score (nSPS) is 12.5. The molecule has 1 aromatic carbocycles. The van der Waals surface area contributed by atoms with Crippen LogP contribution in [-0.2, 0) is 4.79 Å². The second kappa shape index (κ2) is 4.51. The summed E-state index contributed by atoms with van der Waals surface area (Å²) in [5.41, 5.74) is 6.38. The van der Waals surface area contributed by atoms with Gasteiger partial charge in [0.25, 0.3) is 0 Å². The Labute approximate surface area is 103 Å². The van der Waals surface area contributed by atoms with Crippen molar-refractivity contribution in [1.29, 1.82) is 0 Å². The minimum Gasteiger partial charge on any atom is -0.506 e. The highest BCUT2D eigenvalue weighted by atomic mass is 79.9. The average molecular weight is 339 g/mol. The molecule has 0 aliphatic rings. The monoisotopic (exact) mass is 337 g/mol. The molecule has 0 saturated carbocycles. The van der Waals surface area contributed by atoms with Crippen molar-refractivity contribution >= 4 is 37.8 Å². The first-order valence-corrected chi connectivity index (χ1v) is 5.60. The molecule has 0 bridgehead atoms. The molecule has 0 unspecified atom stereocenters. The van der Waals surface area contributed by atoms with Crippen molar-refractivity contribution in [3.8, 4) is 5.75 Å². The van der Waals surface area contributed by atoms with Crippen LogP contribution < -0.4 is 5.73 Å². The fourth-order valence-electron chi connectivity index (χ4n) is 1.09. The van der Waals surface area contributed by atoms with Gasteiger partial charge in [-0.1, -0.05) is 15.9 Å². The van der Waals surface area contributed by atoms with Crippen LogP contribution in [0.15, 0.2) is 15.0 Å². The molecule has 1 aromatic rings. The standard InChI is InChI=1S/C9H9Br2NO3/c1-3-5(10)2-4(7(12)9(14)15)8(13)6(3)11/h2,7,13H,12H2,1H3,(H,14,15)/t7-/m0/s1.